The highest BCUT2D eigenvalue weighted by molar-refractivity contribution is 4.72. The Kier molecular flexibility index (Phi) is 3.34. The zero-order valence-electron chi connectivity index (χ0n) is 8.01. The highest BCUT2D eigenvalue weighted by Gasteiger charge is 2.18. The van der Waals surface area contributed by atoms with Crippen LogP contribution in [0.15, 0.2) is 0 Å². The molecule has 0 amide bonds. The van der Waals surface area contributed by atoms with E-state index in [-0.39, 0.29) is 0 Å². The van der Waals surface area contributed by atoms with Crippen LogP contribution in [0.25, 0.3) is 0 Å². The van der Waals surface area contributed by atoms with Gasteiger partial charge in [0.2, 0.25) is 0 Å². The molecule has 1 atom stereocenters. The van der Waals surface area contributed by atoms with Crippen molar-refractivity contribution in [3.05, 3.63) is 0 Å². The Balaban J connectivity index is 2.28. The van der Waals surface area contributed by atoms with E-state index < -0.39 is 0 Å². The van der Waals surface area contributed by atoms with Gasteiger partial charge in [0, 0.05) is 12.6 Å². The number of nitrogens with zero attached hydrogens (tertiary/aromatic N) is 2. The Labute approximate surface area is 70.2 Å². The van der Waals surface area contributed by atoms with Crippen molar-refractivity contribution in [2.24, 2.45) is 0 Å². The minimum Gasteiger partial charge on any atom is -0.291 e. The molecule has 1 heterocycles. The van der Waals surface area contributed by atoms with Gasteiger partial charge in [-0.15, -0.1) is 0 Å². The maximum atomic E-state index is 2.53. The van der Waals surface area contributed by atoms with Gasteiger partial charge in [0.25, 0.3) is 0 Å². The summed E-state index contributed by atoms with van der Waals surface area (Å²) in [4.78, 5) is 4.96. The van der Waals surface area contributed by atoms with Crippen molar-refractivity contribution in [1.29, 1.82) is 0 Å². The predicted molar refractivity (Wildman–Crippen MR) is 48.6 cm³/mol. The van der Waals surface area contributed by atoms with Crippen LogP contribution in [-0.2, 0) is 0 Å². The third-order valence-corrected chi connectivity index (χ3v) is 2.58. The first-order valence-corrected chi connectivity index (χ1v) is 4.66. The van der Waals surface area contributed by atoms with E-state index in [0.29, 0.717) is 0 Å². The van der Waals surface area contributed by atoms with Crippen LogP contribution in [0.5, 0.6) is 0 Å². The molecule has 0 saturated carbocycles. The van der Waals surface area contributed by atoms with Gasteiger partial charge in [-0.2, -0.15) is 0 Å². The monoisotopic (exact) mass is 156 g/mol. The van der Waals surface area contributed by atoms with E-state index in [0.717, 1.165) is 12.7 Å². The zero-order chi connectivity index (χ0) is 8.27. The molecule has 2 nitrogen and oxygen atoms in total. The van der Waals surface area contributed by atoms with Crippen LogP contribution in [0.2, 0.25) is 0 Å². The van der Waals surface area contributed by atoms with Gasteiger partial charge < -0.3 is 0 Å². The van der Waals surface area contributed by atoms with E-state index in [1.165, 1.54) is 25.9 Å². The molecule has 1 saturated heterocycles. The molecule has 1 aliphatic rings. The summed E-state index contributed by atoms with van der Waals surface area (Å²) >= 11 is 0. The molecule has 66 valence electrons. The second-order valence-electron chi connectivity index (χ2n) is 3.65. The highest BCUT2D eigenvalue weighted by atomic mass is 15.3. The average molecular weight is 156 g/mol. The van der Waals surface area contributed by atoms with Gasteiger partial charge in [-0.1, -0.05) is 6.92 Å². The molecule has 0 aliphatic carbocycles. The third-order valence-electron chi connectivity index (χ3n) is 2.58. The van der Waals surface area contributed by atoms with Crippen molar-refractivity contribution in [2.75, 3.05) is 26.8 Å². The van der Waals surface area contributed by atoms with Crippen molar-refractivity contribution in [1.82, 2.24) is 9.80 Å². The molecule has 0 N–H and O–H groups in total. The largest absolute Gasteiger partial charge is 0.291 e. The fourth-order valence-corrected chi connectivity index (χ4v) is 1.61. The lowest BCUT2D eigenvalue weighted by molar-refractivity contribution is 0.0679. The Morgan fingerprint density at radius 2 is 2.18 bits per heavy atom. The van der Waals surface area contributed by atoms with Crippen LogP contribution in [-0.4, -0.2) is 42.6 Å². The quantitative estimate of drug-likeness (QED) is 0.596. The molecule has 0 spiro atoms. The summed E-state index contributed by atoms with van der Waals surface area (Å²) in [5.74, 6) is 0. The summed E-state index contributed by atoms with van der Waals surface area (Å²) in [6, 6.07) is 0.781. The minimum atomic E-state index is 0.781. The lowest BCUT2D eigenvalue weighted by Gasteiger charge is -2.37. The van der Waals surface area contributed by atoms with Crippen LogP contribution >= 0.6 is 0 Å². The molecular weight excluding hydrogens is 136 g/mol. The highest BCUT2D eigenvalue weighted by Crippen LogP contribution is 2.10. The van der Waals surface area contributed by atoms with Crippen LogP contribution < -0.4 is 0 Å². The number of hydrogen-bond donors (Lipinski definition) is 0. The van der Waals surface area contributed by atoms with Crippen LogP contribution in [0, 0.1) is 0 Å². The molecule has 1 fully saturated rings. The van der Waals surface area contributed by atoms with E-state index >= 15 is 0 Å². The Hall–Kier alpha value is -0.0800. The molecule has 1 unspecified atom stereocenters. The maximum absolute atomic E-state index is 2.53. The molecule has 0 aromatic rings. The van der Waals surface area contributed by atoms with Gasteiger partial charge in [0.05, 0.1) is 6.67 Å². The van der Waals surface area contributed by atoms with Gasteiger partial charge in [-0.25, -0.2) is 0 Å². The van der Waals surface area contributed by atoms with Crippen molar-refractivity contribution >= 4 is 0 Å². The smallest absolute Gasteiger partial charge is 0.0505 e. The van der Waals surface area contributed by atoms with Gasteiger partial charge in [0.1, 0.15) is 0 Å². The van der Waals surface area contributed by atoms with Crippen molar-refractivity contribution < 1.29 is 0 Å². The van der Waals surface area contributed by atoms with Gasteiger partial charge in [-0.05, 0) is 33.4 Å². The Morgan fingerprint density at radius 3 is 2.73 bits per heavy atom. The predicted octanol–water partition coefficient (Wildman–Crippen LogP) is 1.38. The molecule has 1 rings (SSSR count). The fourth-order valence-electron chi connectivity index (χ4n) is 1.61. The molecule has 0 aromatic carbocycles. The average Bonchev–Trinajstić information content (AvgIpc) is 1.98. The van der Waals surface area contributed by atoms with Gasteiger partial charge >= 0.3 is 0 Å². The van der Waals surface area contributed by atoms with Crippen molar-refractivity contribution in [3.8, 4) is 0 Å². The second kappa shape index (κ2) is 4.07. The number of rotatable bonds is 2. The third kappa shape index (κ3) is 2.46. The lowest BCUT2D eigenvalue weighted by Crippen LogP contribution is -2.47. The topological polar surface area (TPSA) is 6.48 Å². The molecule has 0 bridgehead atoms. The first-order chi connectivity index (χ1) is 5.24. The first-order valence-electron chi connectivity index (χ1n) is 4.66. The molecular formula is C9H20N2. The summed E-state index contributed by atoms with van der Waals surface area (Å²) in [5, 5.41) is 0. The molecule has 0 radical (unpaired) electrons. The molecule has 1 aliphatic heterocycles. The molecule has 2 heteroatoms. The van der Waals surface area contributed by atoms with Crippen LogP contribution in [0.1, 0.15) is 26.7 Å². The Bertz CT molecular complexity index is 114. The summed E-state index contributed by atoms with van der Waals surface area (Å²) < 4.78 is 0. The van der Waals surface area contributed by atoms with Crippen molar-refractivity contribution in [3.63, 3.8) is 0 Å². The van der Waals surface area contributed by atoms with E-state index in [1.807, 2.05) is 0 Å². The summed E-state index contributed by atoms with van der Waals surface area (Å²) in [7, 11) is 2.21. The lowest BCUT2D eigenvalue weighted by atomic mass is 10.1. The summed E-state index contributed by atoms with van der Waals surface area (Å²) in [6.45, 7) is 8.27. The molecule has 0 aromatic heterocycles. The van der Waals surface area contributed by atoms with Gasteiger partial charge in [-0.3, -0.25) is 9.80 Å². The minimum absolute atomic E-state index is 0.781. The summed E-state index contributed by atoms with van der Waals surface area (Å²) in [6.07, 6.45) is 2.61. The van der Waals surface area contributed by atoms with Crippen LogP contribution in [0.4, 0.5) is 0 Å². The van der Waals surface area contributed by atoms with Crippen LogP contribution in [0.3, 0.4) is 0 Å². The van der Waals surface area contributed by atoms with E-state index in [1.54, 1.807) is 0 Å². The second-order valence-corrected chi connectivity index (χ2v) is 3.65. The van der Waals surface area contributed by atoms with Gasteiger partial charge in [0.15, 0.2) is 0 Å². The fraction of sp³-hybridized carbons (Fsp3) is 1.00. The maximum Gasteiger partial charge on any atom is 0.0505 e. The van der Waals surface area contributed by atoms with E-state index in [4.69, 9.17) is 0 Å². The van der Waals surface area contributed by atoms with Crippen molar-refractivity contribution in [2.45, 2.75) is 32.7 Å². The number of hydrogen-bond acceptors (Lipinski definition) is 2. The zero-order valence-corrected chi connectivity index (χ0v) is 8.01. The SMILES string of the molecule is CCCN1CCC(C)N(C)C1. The summed E-state index contributed by atoms with van der Waals surface area (Å²) in [5.41, 5.74) is 0. The first kappa shape index (κ1) is 9.01. The normalized spacial score (nSPS) is 29.2. The Morgan fingerprint density at radius 1 is 1.45 bits per heavy atom. The van der Waals surface area contributed by atoms with E-state index in [2.05, 4.69) is 30.7 Å². The molecule has 11 heavy (non-hydrogen) atoms. The standard InChI is InChI=1S/C9H20N2/c1-4-6-11-7-5-9(2)10(3)8-11/h9H,4-8H2,1-3H3. The van der Waals surface area contributed by atoms with E-state index in [9.17, 15) is 0 Å².